The molecule has 8 heteroatoms. The van der Waals surface area contributed by atoms with Crippen LogP contribution in [0.25, 0.3) is 0 Å². The number of rotatable bonds is 5. The van der Waals surface area contributed by atoms with Crippen LogP contribution < -0.4 is 22.1 Å². The lowest BCUT2D eigenvalue weighted by Gasteiger charge is -2.27. The Morgan fingerprint density at radius 1 is 0.763 bits per heavy atom. The summed E-state index contributed by atoms with van der Waals surface area (Å²) in [4.78, 5) is 10.5. The van der Waals surface area contributed by atoms with Gasteiger partial charge in [-0.25, -0.2) is 4.79 Å². The third-order valence-corrected chi connectivity index (χ3v) is 3.88. The summed E-state index contributed by atoms with van der Waals surface area (Å²) in [5, 5.41) is 28.8. The summed E-state index contributed by atoms with van der Waals surface area (Å²) in [7, 11) is 0. The Labute approximate surface area is 232 Å². The van der Waals surface area contributed by atoms with Crippen molar-refractivity contribution >= 4 is 6.09 Å². The molecule has 8 nitrogen and oxygen atoms in total. The second-order valence-electron chi connectivity index (χ2n) is 7.66. The third kappa shape index (κ3) is 26.3. The molecule has 0 radical (unpaired) electrons. The van der Waals surface area contributed by atoms with Gasteiger partial charge in [-0.1, -0.05) is 109 Å². The number of hydrogen-bond donors (Lipinski definition) is 7. The number of aliphatic hydroxyl groups is 2. The minimum Gasteiger partial charge on any atom is -0.516 e. The first-order chi connectivity index (χ1) is 16.3. The van der Waals surface area contributed by atoms with E-state index in [1.807, 2.05) is 62.4 Å². The predicted octanol–water partition coefficient (Wildman–Crippen LogP) is 7.50. The fraction of sp³-hybridized carbons (Fsp3) is 0.300. The molecule has 0 unspecified atom stereocenters. The van der Waals surface area contributed by atoms with E-state index in [9.17, 15) is 4.79 Å². The molecule has 0 saturated heterocycles. The van der Waals surface area contributed by atoms with Crippen molar-refractivity contribution in [2.75, 3.05) is 0 Å². The average Bonchev–Trinajstić information content (AvgIpc) is 2.75. The quantitative estimate of drug-likeness (QED) is 0.196. The zero-order valence-corrected chi connectivity index (χ0v) is 21.2. The number of amides is 1. The minimum atomic E-state index is -1.01. The monoisotopic (exact) mass is 534 g/mol. The van der Waals surface area contributed by atoms with Crippen LogP contribution >= 0.6 is 0 Å². The van der Waals surface area contributed by atoms with Crippen LogP contribution in [0.5, 0.6) is 0 Å². The molecule has 0 fully saturated rings. The number of benzene rings is 2. The third-order valence-electron chi connectivity index (χ3n) is 3.88. The smallest absolute Gasteiger partial charge is 0.405 e. The Balaban J connectivity index is -0.0000000969. The van der Waals surface area contributed by atoms with Crippen LogP contribution in [0.15, 0.2) is 112 Å². The summed E-state index contributed by atoms with van der Waals surface area (Å²) in [6.45, 7) is 20.4. The van der Waals surface area contributed by atoms with E-state index >= 15 is 0 Å². The number of carbonyl (C=O) groups is 1. The van der Waals surface area contributed by atoms with Gasteiger partial charge in [0.05, 0.1) is 29.4 Å². The number of nitrogens with two attached hydrogens (primary N) is 2. The van der Waals surface area contributed by atoms with E-state index in [4.69, 9.17) is 21.1 Å². The van der Waals surface area contributed by atoms with Gasteiger partial charge in [-0.3, -0.25) is 0 Å². The molecule has 0 aromatic heterocycles. The van der Waals surface area contributed by atoms with Gasteiger partial charge >= 0.3 is 6.09 Å². The van der Waals surface area contributed by atoms with E-state index in [1.165, 1.54) is 11.8 Å². The van der Waals surface area contributed by atoms with Crippen LogP contribution in [-0.2, 0) is 11.1 Å². The lowest BCUT2D eigenvalue weighted by atomic mass is 9.94. The molecule has 218 valence electrons. The van der Waals surface area contributed by atoms with E-state index in [2.05, 4.69) is 68.7 Å². The normalized spacial score (nSPS) is 8.42. The molecular formula is C30H54N4O4. The van der Waals surface area contributed by atoms with Gasteiger partial charge in [-0.2, -0.15) is 0 Å². The van der Waals surface area contributed by atoms with Crippen molar-refractivity contribution in [1.29, 1.82) is 0 Å². The summed E-state index contributed by atoms with van der Waals surface area (Å²) >= 11 is 0. The van der Waals surface area contributed by atoms with E-state index in [1.54, 1.807) is 0 Å². The maximum atomic E-state index is 10.5. The van der Waals surface area contributed by atoms with Crippen molar-refractivity contribution < 1.29 is 20.1 Å². The molecule has 0 atom stereocenters. The summed E-state index contributed by atoms with van der Waals surface area (Å²) in [5.41, 5.74) is 11.6. The first kappa shape index (κ1) is 46.9. The lowest BCUT2D eigenvalue weighted by molar-refractivity contribution is 0.182. The second-order valence-corrected chi connectivity index (χ2v) is 7.66. The van der Waals surface area contributed by atoms with Gasteiger partial charge in [0.2, 0.25) is 0 Å². The number of nitrogens with one attached hydrogen (secondary N) is 2. The number of hydrogen-bond acceptors (Lipinski definition) is 6. The van der Waals surface area contributed by atoms with Gasteiger partial charge in [-0.05, 0) is 45.0 Å². The number of carboxylic acid groups (broad SMARTS) is 1. The van der Waals surface area contributed by atoms with Crippen molar-refractivity contribution in [3.63, 3.8) is 0 Å². The highest BCUT2D eigenvalue weighted by Crippen LogP contribution is 2.20. The van der Waals surface area contributed by atoms with Gasteiger partial charge in [0.25, 0.3) is 0 Å². The van der Waals surface area contributed by atoms with Crippen LogP contribution in [0.3, 0.4) is 0 Å². The van der Waals surface area contributed by atoms with E-state index in [0.29, 0.717) is 5.82 Å². The molecular weight excluding hydrogens is 480 g/mol. The molecule has 38 heavy (non-hydrogen) atoms. The molecule has 0 aliphatic rings. The van der Waals surface area contributed by atoms with E-state index in [-0.39, 0.29) is 27.8 Å². The Hall–Kier alpha value is -4.33. The molecule has 2 rings (SSSR count). The van der Waals surface area contributed by atoms with Crippen molar-refractivity contribution in [2.24, 2.45) is 11.5 Å². The molecule has 2 aromatic rings. The van der Waals surface area contributed by atoms with Gasteiger partial charge in [0.1, 0.15) is 0 Å². The van der Waals surface area contributed by atoms with E-state index in [0.717, 1.165) is 18.1 Å². The highest BCUT2D eigenvalue weighted by atomic mass is 16.4. The zero-order valence-electron chi connectivity index (χ0n) is 21.2. The average molecular weight is 535 g/mol. The fourth-order valence-electron chi connectivity index (χ4n) is 2.52. The largest absolute Gasteiger partial charge is 0.516 e. The summed E-state index contributed by atoms with van der Waals surface area (Å²) in [6, 6.07) is 19.6. The summed E-state index contributed by atoms with van der Waals surface area (Å²) in [5.74, 6) is 0.494. The highest BCUT2D eigenvalue weighted by Gasteiger charge is 2.21. The van der Waals surface area contributed by atoms with Crippen molar-refractivity contribution in [3.05, 3.63) is 123 Å². The van der Waals surface area contributed by atoms with Crippen molar-refractivity contribution in [1.82, 2.24) is 10.6 Å². The molecule has 0 aliphatic heterocycles. The SMILES string of the molecule is C.C.C.C=C(N)NC(C)(C)c1ccccc1.C=CN.C=CO.C=CO.CC(C)(NC(=O)O)c1ccccc1. The van der Waals surface area contributed by atoms with Gasteiger partial charge in [-0.15, -0.1) is 0 Å². The molecule has 0 saturated carbocycles. The maximum Gasteiger partial charge on any atom is 0.405 e. The number of aliphatic hydroxyl groups excluding tert-OH is 2. The Morgan fingerprint density at radius 3 is 1.21 bits per heavy atom. The Bertz CT molecular complexity index is 775. The van der Waals surface area contributed by atoms with Crippen LogP contribution in [0.4, 0.5) is 4.79 Å². The van der Waals surface area contributed by atoms with E-state index < -0.39 is 11.6 Å². The van der Waals surface area contributed by atoms with Gasteiger partial charge < -0.3 is 37.4 Å². The lowest BCUT2D eigenvalue weighted by Crippen LogP contribution is -2.39. The zero-order chi connectivity index (χ0) is 27.9. The standard InChI is InChI=1S/C11H16N2.C10H13NO2.C2H5N.2C2H4O.3CH4/c1-9(12)13-11(2,3)10-7-5-4-6-8-10;1-10(2,11-9(12)13)8-6-4-3-5-7-8;3*1-2-3;;;/h4-8,13H,1,12H2,2-3H3;3-7,11H,1-2H3,(H,12,13);2H,1,3H2;2*2-3H,1H2;3*1H4. The van der Waals surface area contributed by atoms with Crippen LogP contribution in [0.1, 0.15) is 61.1 Å². The molecule has 0 heterocycles. The highest BCUT2D eigenvalue weighted by molar-refractivity contribution is 5.66. The summed E-state index contributed by atoms with van der Waals surface area (Å²) < 4.78 is 0. The Kier molecular flexibility index (Phi) is 33.7. The van der Waals surface area contributed by atoms with Crippen molar-refractivity contribution in [3.8, 4) is 0 Å². The fourth-order valence-corrected chi connectivity index (χ4v) is 2.52. The topological polar surface area (TPSA) is 154 Å². The minimum absolute atomic E-state index is 0. The second kappa shape index (κ2) is 27.3. The molecule has 0 bridgehead atoms. The van der Waals surface area contributed by atoms with Crippen LogP contribution in [0.2, 0.25) is 0 Å². The molecule has 1 amide bonds. The van der Waals surface area contributed by atoms with Gasteiger partial charge in [0, 0.05) is 0 Å². The predicted molar refractivity (Wildman–Crippen MR) is 167 cm³/mol. The molecule has 0 spiro atoms. The van der Waals surface area contributed by atoms with Crippen LogP contribution in [0, 0.1) is 0 Å². The Morgan fingerprint density at radius 2 is 1.00 bits per heavy atom. The van der Waals surface area contributed by atoms with Crippen molar-refractivity contribution in [2.45, 2.75) is 61.1 Å². The summed E-state index contributed by atoms with van der Waals surface area (Å²) in [6.07, 6.45) is 1.74. The first-order valence-corrected chi connectivity index (χ1v) is 10.5. The van der Waals surface area contributed by atoms with Crippen LogP contribution in [-0.4, -0.2) is 21.4 Å². The maximum absolute atomic E-state index is 10.5. The van der Waals surface area contributed by atoms with Gasteiger partial charge in [0.15, 0.2) is 0 Å². The molecule has 9 N–H and O–H groups in total. The molecule has 0 aliphatic carbocycles. The molecule has 2 aromatic carbocycles. The first-order valence-electron chi connectivity index (χ1n) is 10.5.